The molecule has 1 aliphatic carbocycles. The van der Waals surface area contributed by atoms with E-state index < -0.39 is 0 Å². The number of hydrogen-bond donors (Lipinski definition) is 1. The van der Waals surface area contributed by atoms with Crippen LogP contribution in [0.4, 0.5) is 4.39 Å². The first-order chi connectivity index (χ1) is 10.2. The van der Waals surface area contributed by atoms with E-state index in [-0.39, 0.29) is 11.9 Å². The molecule has 118 valence electrons. The Kier molecular flexibility index (Phi) is 6.65. The molecule has 1 aliphatic rings. The molecular weight excluding hydrogens is 263 g/mol. The van der Waals surface area contributed by atoms with Crippen molar-refractivity contribution < 1.29 is 4.39 Å². The molecule has 1 saturated carbocycles. The minimum Gasteiger partial charge on any atom is -0.310 e. The van der Waals surface area contributed by atoms with Crippen molar-refractivity contribution in [1.29, 1.82) is 0 Å². The molecule has 21 heavy (non-hydrogen) atoms. The van der Waals surface area contributed by atoms with Crippen molar-refractivity contribution in [1.82, 2.24) is 10.2 Å². The zero-order chi connectivity index (χ0) is 15.1. The first kappa shape index (κ1) is 16.4. The highest BCUT2D eigenvalue weighted by atomic mass is 19.1. The highest BCUT2D eigenvalue weighted by molar-refractivity contribution is 5.19. The van der Waals surface area contributed by atoms with Gasteiger partial charge in [0.2, 0.25) is 0 Å². The van der Waals surface area contributed by atoms with E-state index in [9.17, 15) is 4.39 Å². The van der Waals surface area contributed by atoms with Crippen molar-refractivity contribution in [2.75, 3.05) is 20.1 Å². The third-order valence-electron chi connectivity index (χ3n) is 4.68. The Morgan fingerprint density at radius 2 is 2.05 bits per heavy atom. The molecule has 0 aliphatic heterocycles. The lowest BCUT2D eigenvalue weighted by molar-refractivity contribution is 0.189. The van der Waals surface area contributed by atoms with Gasteiger partial charge in [-0.15, -0.1) is 0 Å². The Bertz CT molecular complexity index is 415. The summed E-state index contributed by atoms with van der Waals surface area (Å²) < 4.78 is 13.2. The summed E-state index contributed by atoms with van der Waals surface area (Å²) in [7, 11) is 2.26. The molecule has 1 aromatic rings. The second-order valence-corrected chi connectivity index (χ2v) is 6.36. The number of hydrogen-bond acceptors (Lipinski definition) is 2. The molecule has 0 heterocycles. The molecule has 0 spiro atoms. The van der Waals surface area contributed by atoms with Gasteiger partial charge in [-0.2, -0.15) is 0 Å². The van der Waals surface area contributed by atoms with Crippen molar-refractivity contribution >= 4 is 0 Å². The monoisotopic (exact) mass is 292 g/mol. The highest BCUT2D eigenvalue weighted by Gasteiger charge is 2.17. The summed E-state index contributed by atoms with van der Waals surface area (Å²) in [6, 6.07) is 7.87. The quantitative estimate of drug-likeness (QED) is 0.760. The van der Waals surface area contributed by atoms with Crippen LogP contribution < -0.4 is 5.32 Å². The third-order valence-corrected chi connectivity index (χ3v) is 4.68. The highest BCUT2D eigenvalue weighted by Crippen LogP contribution is 2.21. The average Bonchev–Trinajstić information content (AvgIpc) is 2.52. The van der Waals surface area contributed by atoms with Gasteiger partial charge in [-0.1, -0.05) is 31.4 Å². The van der Waals surface area contributed by atoms with Gasteiger partial charge in [-0.05, 0) is 64.0 Å². The minimum absolute atomic E-state index is 0.154. The van der Waals surface area contributed by atoms with E-state index in [2.05, 4.69) is 24.2 Å². The number of nitrogens with zero attached hydrogens (tertiary/aromatic N) is 1. The lowest BCUT2D eigenvalue weighted by Gasteiger charge is -2.31. The van der Waals surface area contributed by atoms with E-state index in [1.807, 2.05) is 6.07 Å². The van der Waals surface area contributed by atoms with Gasteiger partial charge in [-0.3, -0.25) is 0 Å². The van der Waals surface area contributed by atoms with E-state index >= 15 is 0 Å². The Morgan fingerprint density at radius 1 is 1.29 bits per heavy atom. The maximum Gasteiger partial charge on any atom is 0.123 e. The smallest absolute Gasteiger partial charge is 0.123 e. The molecule has 1 fully saturated rings. The first-order valence-corrected chi connectivity index (χ1v) is 8.36. The lowest BCUT2D eigenvalue weighted by Crippen LogP contribution is -2.35. The first-order valence-electron chi connectivity index (χ1n) is 8.36. The van der Waals surface area contributed by atoms with Gasteiger partial charge >= 0.3 is 0 Å². The van der Waals surface area contributed by atoms with Crippen LogP contribution in [0.15, 0.2) is 24.3 Å². The molecule has 0 saturated heterocycles. The van der Waals surface area contributed by atoms with Gasteiger partial charge in [0.25, 0.3) is 0 Å². The maximum atomic E-state index is 13.2. The molecule has 0 bridgehead atoms. The van der Waals surface area contributed by atoms with Crippen molar-refractivity contribution in [3.63, 3.8) is 0 Å². The summed E-state index contributed by atoms with van der Waals surface area (Å²) in [5, 5.41) is 3.49. The molecule has 0 amide bonds. The van der Waals surface area contributed by atoms with Gasteiger partial charge in [0.1, 0.15) is 5.82 Å². The number of rotatable bonds is 7. The fourth-order valence-electron chi connectivity index (χ4n) is 3.25. The molecule has 1 unspecified atom stereocenters. The van der Waals surface area contributed by atoms with Crippen LogP contribution in [-0.4, -0.2) is 31.1 Å². The van der Waals surface area contributed by atoms with Crippen molar-refractivity contribution in [3.05, 3.63) is 35.6 Å². The van der Waals surface area contributed by atoms with Crippen LogP contribution in [0.5, 0.6) is 0 Å². The topological polar surface area (TPSA) is 15.3 Å². The summed E-state index contributed by atoms with van der Waals surface area (Å²) in [6.07, 6.45) is 8.07. The summed E-state index contributed by atoms with van der Waals surface area (Å²) in [5.74, 6) is -0.154. The summed E-state index contributed by atoms with van der Waals surface area (Å²) >= 11 is 0. The van der Waals surface area contributed by atoms with Crippen LogP contribution in [0, 0.1) is 5.82 Å². The van der Waals surface area contributed by atoms with Crippen LogP contribution in [-0.2, 0) is 0 Å². The lowest BCUT2D eigenvalue weighted by atomic mass is 9.94. The molecule has 1 atom stereocenters. The molecular formula is C18H29FN2. The van der Waals surface area contributed by atoms with Gasteiger partial charge in [0.05, 0.1) is 0 Å². The molecule has 0 radical (unpaired) electrons. The number of benzene rings is 1. The molecule has 0 aromatic heterocycles. The van der Waals surface area contributed by atoms with Gasteiger partial charge in [0, 0.05) is 12.1 Å². The predicted octanol–water partition coefficient (Wildman–Crippen LogP) is 4.13. The molecule has 2 nitrogen and oxygen atoms in total. The second kappa shape index (κ2) is 8.50. The van der Waals surface area contributed by atoms with E-state index in [0.29, 0.717) is 0 Å². The fraction of sp³-hybridized carbons (Fsp3) is 0.667. The van der Waals surface area contributed by atoms with Crippen LogP contribution >= 0.6 is 0 Å². The fourth-order valence-corrected chi connectivity index (χ4v) is 3.25. The Labute approximate surface area is 128 Å². The Hall–Kier alpha value is -0.930. The Morgan fingerprint density at radius 3 is 2.76 bits per heavy atom. The van der Waals surface area contributed by atoms with Crippen LogP contribution in [0.2, 0.25) is 0 Å². The van der Waals surface area contributed by atoms with E-state index in [0.717, 1.165) is 31.1 Å². The zero-order valence-electron chi connectivity index (χ0n) is 13.4. The minimum atomic E-state index is -0.154. The summed E-state index contributed by atoms with van der Waals surface area (Å²) in [4.78, 5) is 2.52. The van der Waals surface area contributed by atoms with Gasteiger partial charge < -0.3 is 10.2 Å². The van der Waals surface area contributed by atoms with E-state index in [4.69, 9.17) is 0 Å². The average molecular weight is 292 g/mol. The SMILES string of the molecule is CC(NCCCN(C)C1CCCCC1)c1cccc(F)c1. The maximum absolute atomic E-state index is 13.2. The van der Waals surface area contributed by atoms with E-state index in [1.54, 1.807) is 12.1 Å². The van der Waals surface area contributed by atoms with E-state index in [1.165, 1.54) is 38.2 Å². The normalized spacial score (nSPS) is 18.1. The van der Waals surface area contributed by atoms with Gasteiger partial charge in [0.15, 0.2) is 0 Å². The molecule has 2 rings (SSSR count). The standard InChI is InChI=1S/C18H29FN2/c1-15(16-8-6-9-17(19)14-16)20-12-7-13-21(2)18-10-4-3-5-11-18/h6,8-9,14-15,18,20H,3-5,7,10-13H2,1-2H3. The van der Waals surface area contributed by atoms with Crippen LogP contribution in [0.1, 0.15) is 57.1 Å². The Balaban J connectivity index is 1.64. The van der Waals surface area contributed by atoms with Crippen LogP contribution in [0.25, 0.3) is 0 Å². The van der Waals surface area contributed by atoms with Crippen molar-refractivity contribution in [3.8, 4) is 0 Å². The second-order valence-electron chi connectivity index (χ2n) is 6.36. The number of halogens is 1. The van der Waals surface area contributed by atoms with Gasteiger partial charge in [-0.25, -0.2) is 4.39 Å². The summed E-state index contributed by atoms with van der Waals surface area (Å²) in [6.45, 7) is 4.22. The summed E-state index contributed by atoms with van der Waals surface area (Å²) in [5.41, 5.74) is 1.02. The predicted molar refractivity (Wildman–Crippen MR) is 86.9 cm³/mol. The van der Waals surface area contributed by atoms with Crippen LogP contribution in [0.3, 0.4) is 0 Å². The molecule has 1 N–H and O–H groups in total. The third kappa shape index (κ3) is 5.40. The zero-order valence-corrected chi connectivity index (χ0v) is 13.4. The van der Waals surface area contributed by atoms with Crippen molar-refractivity contribution in [2.45, 2.75) is 57.5 Å². The molecule has 1 aromatic carbocycles. The largest absolute Gasteiger partial charge is 0.310 e. The molecule has 3 heteroatoms. The number of nitrogens with one attached hydrogen (secondary N) is 1. The van der Waals surface area contributed by atoms with Crippen molar-refractivity contribution in [2.24, 2.45) is 0 Å².